The summed E-state index contributed by atoms with van der Waals surface area (Å²) in [6.45, 7) is 0. The zero-order chi connectivity index (χ0) is 11.7. The summed E-state index contributed by atoms with van der Waals surface area (Å²) in [6, 6.07) is 5.28. The molecule has 0 aliphatic heterocycles. The largest absolute Gasteiger partial charge is 0.399 e. The molecule has 1 aromatic heterocycles. The highest BCUT2D eigenvalue weighted by Gasteiger charge is 2.12. The Hall–Kier alpha value is -1.75. The lowest BCUT2D eigenvalue weighted by molar-refractivity contribution is 0.925. The minimum absolute atomic E-state index is 0.604. The Bertz CT molecular complexity index is 520. The monoisotopic (exact) mass is 237 g/mol. The van der Waals surface area contributed by atoms with Gasteiger partial charge >= 0.3 is 0 Å². The van der Waals surface area contributed by atoms with Crippen LogP contribution in [-0.4, -0.2) is 21.8 Å². The van der Waals surface area contributed by atoms with E-state index in [1.807, 2.05) is 11.6 Å². The van der Waals surface area contributed by atoms with E-state index < -0.39 is 0 Å². The van der Waals surface area contributed by atoms with Gasteiger partial charge in [0.2, 0.25) is 5.95 Å². The molecule has 1 aromatic carbocycles. The second-order valence-electron chi connectivity index (χ2n) is 3.40. The fourth-order valence-corrected chi connectivity index (χ4v) is 1.70. The Morgan fingerprint density at radius 3 is 2.75 bits per heavy atom. The van der Waals surface area contributed by atoms with E-state index in [1.54, 1.807) is 25.2 Å². The summed E-state index contributed by atoms with van der Waals surface area (Å²) >= 11 is 6.10. The van der Waals surface area contributed by atoms with Crippen LogP contribution in [0.4, 0.5) is 11.6 Å². The number of nitrogens with one attached hydrogen (secondary N) is 1. The zero-order valence-corrected chi connectivity index (χ0v) is 9.78. The molecule has 0 aliphatic rings. The minimum atomic E-state index is 0.604. The average molecular weight is 238 g/mol. The highest BCUT2D eigenvalue weighted by molar-refractivity contribution is 6.33. The second kappa shape index (κ2) is 4.02. The van der Waals surface area contributed by atoms with Gasteiger partial charge in [-0.05, 0) is 18.2 Å². The van der Waals surface area contributed by atoms with Crippen LogP contribution in [-0.2, 0) is 7.05 Å². The first kappa shape index (κ1) is 10.8. The number of aromatic nitrogens is 3. The maximum Gasteiger partial charge on any atom is 0.224 e. The molecule has 1 heterocycles. The van der Waals surface area contributed by atoms with Crippen molar-refractivity contribution in [1.29, 1.82) is 0 Å². The molecule has 0 atom stereocenters. The quantitative estimate of drug-likeness (QED) is 0.781. The zero-order valence-electron chi connectivity index (χ0n) is 9.03. The third-order valence-electron chi connectivity index (χ3n) is 2.33. The van der Waals surface area contributed by atoms with E-state index in [4.69, 9.17) is 17.3 Å². The normalized spacial score (nSPS) is 10.4. The van der Waals surface area contributed by atoms with Crippen LogP contribution in [0.2, 0.25) is 5.02 Å². The molecular weight excluding hydrogens is 226 g/mol. The highest BCUT2D eigenvalue weighted by atomic mass is 35.5. The van der Waals surface area contributed by atoms with E-state index in [1.165, 1.54) is 0 Å². The maximum atomic E-state index is 6.10. The van der Waals surface area contributed by atoms with E-state index in [2.05, 4.69) is 15.5 Å². The Kier molecular flexibility index (Phi) is 2.70. The molecule has 84 valence electrons. The number of hydrogen-bond acceptors (Lipinski definition) is 4. The first-order chi connectivity index (χ1) is 7.63. The minimum Gasteiger partial charge on any atom is -0.399 e. The maximum absolute atomic E-state index is 6.10. The summed E-state index contributed by atoms with van der Waals surface area (Å²) in [7, 11) is 3.65. The van der Waals surface area contributed by atoms with Crippen molar-refractivity contribution in [3.8, 4) is 11.4 Å². The molecule has 0 saturated heterocycles. The average Bonchev–Trinajstić information content (AvgIpc) is 2.63. The summed E-state index contributed by atoms with van der Waals surface area (Å²) < 4.78 is 1.82. The molecule has 0 unspecified atom stereocenters. The molecule has 0 aliphatic carbocycles. The number of rotatable bonds is 2. The standard InChI is InChI=1S/C10H12ClN5/c1-13-10-15-14-9(16(10)2)7-5-6(12)3-4-8(7)11/h3-5H,12H2,1-2H3,(H,13,15). The SMILES string of the molecule is CNc1nnc(-c2cc(N)ccc2Cl)n1C. The molecule has 0 radical (unpaired) electrons. The molecule has 16 heavy (non-hydrogen) atoms. The van der Waals surface area contributed by atoms with Crippen LogP contribution in [0.5, 0.6) is 0 Å². The number of nitrogens with two attached hydrogens (primary N) is 1. The number of hydrogen-bond donors (Lipinski definition) is 2. The summed E-state index contributed by atoms with van der Waals surface area (Å²) in [6.07, 6.45) is 0. The van der Waals surface area contributed by atoms with Crippen molar-refractivity contribution in [3.63, 3.8) is 0 Å². The highest BCUT2D eigenvalue weighted by Crippen LogP contribution is 2.28. The first-order valence-electron chi connectivity index (χ1n) is 4.76. The summed E-state index contributed by atoms with van der Waals surface area (Å²) in [5.74, 6) is 1.36. The third-order valence-corrected chi connectivity index (χ3v) is 2.66. The van der Waals surface area contributed by atoms with E-state index in [-0.39, 0.29) is 0 Å². The topological polar surface area (TPSA) is 68.8 Å². The van der Waals surface area contributed by atoms with Gasteiger partial charge < -0.3 is 11.1 Å². The Morgan fingerprint density at radius 1 is 1.38 bits per heavy atom. The van der Waals surface area contributed by atoms with E-state index in [9.17, 15) is 0 Å². The fourth-order valence-electron chi connectivity index (χ4n) is 1.50. The van der Waals surface area contributed by atoms with Crippen LogP contribution in [0.3, 0.4) is 0 Å². The molecule has 2 aromatic rings. The van der Waals surface area contributed by atoms with Crippen molar-refractivity contribution in [2.75, 3.05) is 18.1 Å². The molecule has 0 saturated carbocycles. The third kappa shape index (κ3) is 1.69. The van der Waals surface area contributed by atoms with Gasteiger partial charge in [0.25, 0.3) is 0 Å². The van der Waals surface area contributed by atoms with E-state index in [0.717, 1.165) is 5.56 Å². The number of nitrogen functional groups attached to an aromatic ring is 1. The van der Waals surface area contributed by atoms with Gasteiger partial charge in [0.1, 0.15) is 0 Å². The number of anilines is 2. The van der Waals surface area contributed by atoms with E-state index >= 15 is 0 Å². The van der Waals surface area contributed by atoms with Gasteiger partial charge in [0.15, 0.2) is 5.82 Å². The molecular formula is C10H12ClN5. The first-order valence-corrected chi connectivity index (χ1v) is 5.14. The van der Waals surface area contributed by atoms with Crippen molar-refractivity contribution in [2.24, 2.45) is 7.05 Å². The Balaban J connectivity index is 2.58. The van der Waals surface area contributed by atoms with Crippen molar-refractivity contribution in [2.45, 2.75) is 0 Å². The molecule has 0 amide bonds. The van der Waals surface area contributed by atoms with Gasteiger partial charge in [-0.15, -0.1) is 10.2 Å². The van der Waals surface area contributed by atoms with Crippen molar-refractivity contribution in [3.05, 3.63) is 23.2 Å². The lowest BCUT2D eigenvalue weighted by Crippen LogP contribution is -2.00. The van der Waals surface area contributed by atoms with Gasteiger partial charge in [0.05, 0.1) is 5.02 Å². The summed E-state index contributed by atoms with van der Waals surface area (Å²) in [4.78, 5) is 0. The van der Waals surface area contributed by atoms with Crippen LogP contribution < -0.4 is 11.1 Å². The van der Waals surface area contributed by atoms with Gasteiger partial charge in [-0.25, -0.2) is 0 Å². The molecule has 5 nitrogen and oxygen atoms in total. The number of benzene rings is 1. The van der Waals surface area contributed by atoms with Crippen molar-refractivity contribution < 1.29 is 0 Å². The fraction of sp³-hybridized carbons (Fsp3) is 0.200. The van der Waals surface area contributed by atoms with Crippen LogP contribution in [0.25, 0.3) is 11.4 Å². The Labute approximate surface area is 98.2 Å². The van der Waals surface area contributed by atoms with Gasteiger partial charge in [-0.3, -0.25) is 4.57 Å². The molecule has 0 spiro atoms. The van der Waals surface area contributed by atoms with Gasteiger partial charge in [0, 0.05) is 25.3 Å². The van der Waals surface area contributed by atoms with Crippen LogP contribution in [0.15, 0.2) is 18.2 Å². The summed E-state index contributed by atoms with van der Waals surface area (Å²) in [5, 5.41) is 11.6. The smallest absolute Gasteiger partial charge is 0.224 e. The lowest BCUT2D eigenvalue weighted by Gasteiger charge is -2.05. The number of halogens is 1. The molecule has 3 N–H and O–H groups in total. The van der Waals surface area contributed by atoms with Crippen LogP contribution in [0.1, 0.15) is 0 Å². The van der Waals surface area contributed by atoms with Crippen LogP contribution in [0, 0.1) is 0 Å². The van der Waals surface area contributed by atoms with Gasteiger partial charge in [-0.2, -0.15) is 0 Å². The lowest BCUT2D eigenvalue weighted by atomic mass is 10.2. The molecule has 0 bridgehead atoms. The van der Waals surface area contributed by atoms with Crippen molar-refractivity contribution >= 4 is 23.2 Å². The van der Waals surface area contributed by atoms with E-state index in [0.29, 0.717) is 22.5 Å². The van der Waals surface area contributed by atoms with Gasteiger partial charge in [-0.1, -0.05) is 11.6 Å². The molecule has 2 rings (SSSR count). The van der Waals surface area contributed by atoms with Crippen LogP contribution >= 0.6 is 11.6 Å². The molecule has 6 heteroatoms. The second-order valence-corrected chi connectivity index (χ2v) is 3.80. The predicted molar refractivity (Wildman–Crippen MR) is 65.4 cm³/mol. The Morgan fingerprint density at radius 2 is 2.12 bits per heavy atom. The summed E-state index contributed by atoms with van der Waals surface area (Å²) in [5.41, 5.74) is 7.15. The number of nitrogens with zero attached hydrogens (tertiary/aromatic N) is 3. The van der Waals surface area contributed by atoms with Crippen molar-refractivity contribution in [1.82, 2.24) is 14.8 Å². The molecule has 0 fully saturated rings. The predicted octanol–water partition coefficient (Wildman–Crippen LogP) is 1.76.